The first-order chi connectivity index (χ1) is 56.2. The van der Waals surface area contributed by atoms with Gasteiger partial charge in [-0.2, -0.15) is 10.2 Å². The van der Waals surface area contributed by atoms with Crippen LogP contribution in [0.25, 0.3) is 33.2 Å². The van der Waals surface area contributed by atoms with Crippen molar-refractivity contribution in [1.82, 2.24) is 39.5 Å². The third kappa shape index (κ3) is 24.7. The fourth-order valence-electron chi connectivity index (χ4n) is 12.6. The monoisotopic (exact) mass is 1720 g/mol. The van der Waals surface area contributed by atoms with Crippen molar-refractivity contribution in [3.8, 4) is 11.4 Å². The van der Waals surface area contributed by atoms with E-state index in [9.17, 15) is 0 Å². The molecule has 0 bridgehead atoms. The zero-order valence-electron chi connectivity index (χ0n) is 63.8. The Morgan fingerprint density at radius 3 is 0.704 bits per heavy atom. The fraction of sp³-hybridized carbons (Fsp3) is 0.0505. The number of hydrogen-bond donors (Lipinski definition) is 0. The first-order valence-electron chi connectivity index (χ1n) is 37.5. The minimum absolute atomic E-state index is 0. The van der Waals surface area contributed by atoms with Crippen molar-refractivity contribution in [3.63, 3.8) is 0 Å². The second-order valence-electron chi connectivity index (χ2n) is 25.3. The van der Waals surface area contributed by atoms with Gasteiger partial charge in [0.05, 0.1) is 22.4 Å². The van der Waals surface area contributed by atoms with Crippen LogP contribution in [0, 0.1) is 6.92 Å². The maximum atomic E-state index is 5.83. The molecular formula is C99H85Cl3N8P4Pd. The molecular weight excluding hydrogens is 1640 g/mol. The zero-order chi connectivity index (χ0) is 78.7. The van der Waals surface area contributed by atoms with Gasteiger partial charge in [-0.15, -0.1) is 0 Å². The molecule has 0 aliphatic heterocycles. The van der Waals surface area contributed by atoms with E-state index in [4.69, 9.17) is 34.8 Å². The summed E-state index contributed by atoms with van der Waals surface area (Å²) in [6, 6.07) is 149. The molecule has 0 aliphatic rings. The molecule has 0 atom stereocenters. The first kappa shape index (κ1) is 85.3. The topological polar surface area (TPSA) is 87.2 Å². The minimum Gasteiger partial charge on any atom is -0.265 e. The van der Waals surface area contributed by atoms with E-state index in [1.807, 2.05) is 33.6 Å². The van der Waals surface area contributed by atoms with Crippen molar-refractivity contribution in [2.24, 2.45) is 0 Å². The third-order valence-corrected chi connectivity index (χ3v) is 28.1. The van der Waals surface area contributed by atoms with Crippen LogP contribution in [0.2, 0.25) is 15.7 Å². The third-order valence-electron chi connectivity index (χ3n) is 17.7. The maximum Gasteiger partial charge on any atom is 0.223 e. The van der Waals surface area contributed by atoms with Crippen molar-refractivity contribution >= 4 is 152 Å². The predicted molar refractivity (Wildman–Crippen MR) is 494 cm³/mol. The normalized spacial score (nSPS) is 10.5. The second kappa shape index (κ2) is 46.1. The summed E-state index contributed by atoms with van der Waals surface area (Å²) in [6.07, 6.45) is 3.14. The molecule has 572 valence electrons. The van der Waals surface area contributed by atoms with E-state index in [0.717, 1.165) is 41.1 Å². The SMILES string of the molecule is CCn1nc(-c2ccnc(Cl)n2)c2ccccc21.CCn1nc(C)c2ccccc21.Clc1ccnc(Cl)n1.[Pd].c1ccc(P(c2ccccc2)c2ccccc2)cc1.c1ccc(P(c2ccccc2)c2ccccc2)cc1.c1ccc(P(c2ccccc2)c2ccccc2)cc1.c1ccc(P(c2ccccc2)c2ccccc2)cc1. The molecule has 4 aromatic heterocycles. The van der Waals surface area contributed by atoms with Crippen LogP contribution < -0.4 is 63.7 Å². The van der Waals surface area contributed by atoms with E-state index < -0.39 is 31.7 Å². The molecule has 0 aliphatic carbocycles. The minimum atomic E-state index is -0.446. The number of aromatic nitrogens is 8. The summed E-state index contributed by atoms with van der Waals surface area (Å²) >= 11 is 16.6. The molecule has 18 rings (SSSR count). The quantitative estimate of drug-likeness (QED) is 0.0440. The molecule has 0 N–H and O–H groups in total. The zero-order valence-corrected chi connectivity index (χ0v) is 71.2. The van der Waals surface area contributed by atoms with Crippen LogP contribution in [0.5, 0.6) is 0 Å². The molecule has 0 saturated carbocycles. The summed E-state index contributed by atoms with van der Waals surface area (Å²) < 4.78 is 3.99. The number of benzene rings is 14. The Labute approximate surface area is 709 Å². The summed E-state index contributed by atoms with van der Waals surface area (Å²) in [5, 5.41) is 28.9. The Morgan fingerprint density at radius 2 is 0.470 bits per heavy atom. The van der Waals surface area contributed by atoms with Crippen molar-refractivity contribution in [3.05, 3.63) is 458 Å². The van der Waals surface area contributed by atoms with Gasteiger partial charge in [0.25, 0.3) is 0 Å². The van der Waals surface area contributed by atoms with Crippen LogP contribution in [-0.2, 0) is 33.5 Å². The van der Waals surface area contributed by atoms with Crippen LogP contribution >= 0.6 is 66.5 Å². The second-order valence-corrected chi connectivity index (χ2v) is 35.3. The van der Waals surface area contributed by atoms with Crippen molar-refractivity contribution in [2.75, 3.05) is 0 Å². The standard InChI is InChI=1S/4C18H15P.C13H11ClN4.C10H12N2.C4H2Cl2N2.Pd/c4*1-4-10-16(11-5-1)19(17-12-6-2-7-13-17)18-14-8-3-9-15-18;1-2-18-11-6-4-3-5-9(11)12(17-18)10-7-8-15-13(14)16-10;1-3-12-10-7-5-4-6-9(10)8(2)11-12;5-3-1-2-7-4(6)8-3;/h4*1-15H;3-8H,2H2,1H3;4-7H,3H2,1-2H3;1-2H;. The molecule has 0 spiro atoms. The molecule has 0 unspecified atom stereocenters. The molecule has 115 heavy (non-hydrogen) atoms. The summed E-state index contributed by atoms with van der Waals surface area (Å²) in [6.45, 7) is 7.98. The summed E-state index contributed by atoms with van der Waals surface area (Å²) in [7, 11) is -1.78. The summed E-state index contributed by atoms with van der Waals surface area (Å²) in [4.78, 5) is 15.3. The molecule has 14 aromatic carbocycles. The van der Waals surface area contributed by atoms with Gasteiger partial charge in [0.15, 0.2) is 0 Å². The van der Waals surface area contributed by atoms with Gasteiger partial charge < -0.3 is 0 Å². The van der Waals surface area contributed by atoms with Crippen LogP contribution in [0.1, 0.15) is 19.5 Å². The molecule has 0 saturated heterocycles. The van der Waals surface area contributed by atoms with Gasteiger partial charge in [-0.25, -0.2) is 19.9 Å². The molecule has 4 heterocycles. The fourth-order valence-corrected chi connectivity index (χ4v) is 22.3. The Hall–Kier alpha value is -10.6. The molecule has 0 amide bonds. The Bertz CT molecular complexity index is 4910. The Kier molecular flexibility index (Phi) is 34.2. The van der Waals surface area contributed by atoms with Gasteiger partial charge in [-0.1, -0.05) is 412 Å². The first-order valence-corrected chi connectivity index (χ1v) is 44.0. The Balaban J connectivity index is 0.000000134. The smallest absolute Gasteiger partial charge is 0.223 e. The van der Waals surface area contributed by atoms with Crippen LogP contribution in [0.4, 0.5) is 0 Å². The average Bonchev–Trinajstić information content (AvgIpc) is 1.62. The molecule has 0 radical (unpaired) electrons. The van der Waals surface area contributed by atoms with E-state index in [1.54, 1.807) is 12.3 Å². The van der Waals surface area contributed by atoms with Gasteiger partial charge in [0, 0.05) is 56.7 Å². The van der Waals surface area contributed by atoms with Gasteiger partial charge in [0.2, 0.25) is 10.6 Å². The predicted octanol–water partition coefficient (Wildman–Crippen LogP) is 21.1. The van der Waals surface area contributed by atoms with Crippen LogP contribution in [0.3, 0.4) is 0 Å². The summed E-state index contributed by atoms with van der Waals surface area (Å²) in [5.74, 6) is 0. The van der Waals surface area contributed by atoms with E-state index in [0.29, 0.717) is 5.15 Å². The average molecular weight is 1720 g/mol. The van der Waals surface area contributed by atoms with Gasteiger partial charge >= 0.3 is 0 Å². The molecule has 0 fully saturated rings. The van der Waals surface area contributed by atoms with Crippen molar-refractivity contribution < 1.29 is 20.4 Å². The number of rotatable bonds is 15. The van der Waals surface area contributed by atoms with E-state index in [-0.39, 0.29) is 31.0 Å². The van der Waals surface area contributed by atoms with E-state index in [2.05, 4.69) is 445 Å². The Morgan fingerprint density at radius 1 is 0.252 bits per heavy atom. The largest absolute Gasteiger partial charge is 0.265 e. The van der Waals surface area contributed by atoms with Crippen LogP contribution in [0.15, 0.2) is 437 Å². The number of halogens is 3. The molecule has 18 aromatic rings. The number of para-hydroxylation sites is 2. The number of fused-ring (bicyclic) bond motifs is 2. The van der Waals surface area contributed by atoms with Gasteiger partial charge in [0.1, 0.15) is 10.8 Å². The summed E-state index contributed by atoms with van der Waals surface area (Å²) in [5.41, 5.74) is 5.05. The molecule has 8 nitrogen and oxygen atoms in total. The molecule has 16 heteroatoms. The van der Waals surface area contributed by atoms with Crippen molar-refractivity contribution in [2.45, 2.75) is 33.9 Å². The van der Waals surface area contributed by atoms with E-state index in [1.165, 1.54) is 80.8 Å². The number of hydrogen-bond acceptors (Lipinski definition) is 6. The van der Waals surface area contributed by atoms with E-state index >= 15 is 0 Å². The number of aryl methyl sites for hydroxylation is 3. The maximum absolute atomic E-state index is 5.83. The van der Waals surface area contributed by atoms with Crippen molar-refractivity contribution in [1.29, 1.82) is 0 Å². The number of nitrogens with zero attached hydrogens (tertiary/aromatic N) is 8. The van der Waals surface area contributed by atoms with Gasteiger partial charge in [-0.3, -0.25) is 9.36 Å². The van der Waals surface area contributed by atoms with Gasteiger partial charge in [-0.05, 0) is 164 Å². The van der Waals surface area contributed by atoms with Crippen LogP contribution in [-0.4, -0.2) is 39.5 Å².